The zero-order valence-electron chi connectivity index (χ0n) is 15.9. The fraction of sp³-hybridized carbons (Fsp3) is 0.286. The minimum atomic E-state index is -0.645. The summed E-state index contributed by atoms with van der Waals surface area (Å²) in [5.41, 5.74) is 0.803. The molecule has 0 saturated heterocycles. The molecule has 0 aromatic heterocycles. The number of anilines is 1. The fourth-order valence-corrected chi connectivity index (χ4v) is 2.65. The molecule has 8 heteroatoms. The van der Waals surface area contributed by atoms with Gasteiger partial charge in [-0.2, -0.15) is 0 Å². The third-order valence-electron chi connectivity index (χ3n) is 3.77. The molecular weight excluding hydrogens is 417 g/mol. The zero-order chi connectivity index (χ0) is 21.2. The van der Waals surface area contributed by atoms with Crippen molar-refractivity contribution in [2.75, 3.05) is 18.5 Å². The normalized spacial score (nSPS) is 10.3. The molecule has 0 radical (unpaired) electrons. The average molecular weight is 438 g/mol. The Morgan fingerprint density at radius 2 is 1.72 bits per heavy atom. The second kappa shape index (κ2) is 11.4. The van der Waals surface area contributed by atoms with Gasteiger partial charge in [0.25, 0.3) is 5.91 Å². The van der Waals surface area contributed by atoms with E-state index in [1.807, 2.05) is 6.92 Å². The molecule has 0 fully saturated rings. The van der Waals surface area contributed by atoms with Crippen LogP contribution in [0.3, 0.4) is 0 Å². The highest BCUT2D eigenvalue weighted by Crippen LogP contribution is 2.25. The smallest absolute Gasteiger partial charge is 0.306 e. The summed E-state index contributed by atoms with van der Waals surface area (Å²) in [5, 5.41) is 3.22. The molecule has 29 heavy (non-hydrogen) atoms. The predicted octanol–water partition coefficient (Wildman–Crippen LogP) is 4.93. The van der Waals surface area contributed by atoms with Gasteiger partial charge in [-0.25, -0.2) is 0 Å². The summed E-state index contributed by atoms with van der Waals surface area (Å²) >= 11 is 11.8. The zero-order valence-corrected chi connectivity index (χ0v) is 17.4. The van der Waals surface area contributed by atoms with E-state index in [0.29, 0.717) is 33.7 Å². The van der Waals surface area contributed by atoms with Crippen molar-refractivity contribution in [1.29, 1.82) is 0 Å². The number of benzene rings is 2. The lowest BCUT2D eigenvalue weighted by molar-refractivity contribution is -0.147. The molecule has 0 unspecified atom stereocenters. The molecule has 1 N–H and O–H groups in total. The van der Waals surface area contributed by atoms with Crippen LogP contribution in [-0.4, -0.2) is 30.9 Å². The molecule has 0 bridgehead atoms. The SMILES string of the molecule is CCCOc1ccc(C(=O)CCC(=O)OCC(=O)Nc2cc(Cl)ccc2Cl)cc1. The van der Waals surface area contributed by atoms with Crippen molar-refractivity contribution >= 4 is 46.5 Å². The molecule has 0 atom stereocenters. The van der Waals surface area contributed by atoms with E-state index in [9.17, 15) is 14.4 Å². The lowest BCUT2D eigenvalue weighted by atomic mass is 10.1. The number of nitrogens with one attached hydrogen (secondary N) is 1. The summed E-state index contributed by atoms with van der Waals surface area (Å²) in [6.07, 6.45) is 0.751. The summed E-state index contributed by atoms with van der Waals surface area (Å²) in [5.74, 6) is -0.710. The van der Waals surface area contributed by atoms with Crippen LogP contribution >= 0.6 is 23.2 Å². The van der Waals surface area contributed by atoms with Crippen molar-refractivity contribution < 1.29 is 23.9 Å². The fourth-order valence-electron chi connectivity index (χ4n) is 2.31. The molecule has 2 aromatic carbocycles. The number of Topliss-reactive ketones (excluding diaryl/α,β-unsaturated/α-hetero) is 1. The molecule has 2 rings (SSSR count). The Morgan fingerprint density at radius 1 is 1.00 bits per heavy atom. The summed E-state index contributed by atoms with van der Waals surface area (Å²) in [7, 11) is 0. The van der Waals surface area contributed by atoms with Gasteiger partial charge < -0.3 is 14.8 Å². The first kappa shape index (κ1) is 22.7. The topological polar surface area (TPSA) is 81.7 Å². The molecule has 2 aromatic rings. The van der Waals surface area contributed by atoms with E-state index in [-0.39, 0.29) is 18.6 Å². The van der Waals surface area contributed by atoms with Crippen LogP contribution in [0.4, 0.5) is 5.69 Å². The van der Waals surface area contributed by atoms with E-state index in [4.69, 9.17) is 32.7 Å². The Hall–Kier alpha value is -2.57. The first-order valence-electron chi connectivity index (χ1n) is 9.05. The van der Waals surface area contributed by atoms with Gasteiger partial charge in [0, 0.05) is 17.0 Å². The lowest BCUT2D eigenvalue weighted by Crippen LogP contribution is -2.21. The number of esters is 1. The van der Waals surface area contributed by atoms with E-state index in [1.54, 1.807) is 36.4 Å². The molecule has 0 aliphatic carbocycles. The van der Waals surface area contributed by atoms with Gasteiger partial charge in [-0.3, -0.25) is 14.4 Å². The maximum Gasteiger partial charge on any atom is 0.306 e. The van der Waals surface area contributed by atoms with Crippen molar-refractivity contribution in [1.82, 2.24) is 0 Å². The number of ketones is 1. The summed E-state index contributed by atoms with van der Waals surface area (Å²) in [6.45, 7) is 2.13. The summed E-state index contributed by atoms with van der Waals surface area (Å²) < 4.78 is 10.4. The molecule has 0 aliphatic rings. The molecule has 1 amide bonds. The highest BCUT2D eigenvalue weighted by atomic mass is 35.5. The predicted molar refractivity (Wildman–Crippen MR) is 112 cm³/mol. The highest BCUT2D eigenvalue weighted by molar-refractivity contribution is 6.35. The average Bonchev–Trinajstić information content (AvgIpc) is 2.72. The molecule has 0 aliphatic heterocycles. The maximum absolute atomic E-state index is 12.2. The van der Waals surface area contributed by atoms with Crippen LogP contribution < -0.4 is 10.1 Å². The van der Waals surface area contributed by atoms with Crippen molar-refractivity contribution in [2.24, 2.45) is 0 Å². The van der Waals surface area contributed by atoms with Crippen molar-refractivity contribution in [3.05, 3.63) is 58.1 Å². The van der Waals surface area contributed by atoms with Crippen molar-refractivity contribution in [3.63, 3.8) is 0 Å². The van der Waals surface area contributed by atoms with Crippen LogP contribution in [0.25, 0.3) is 0 Å². The van der Waals surface area contributed by atoms with Gasteiger partial charge in [0.15, 0.2) is 12.4 Å². The van der Waals surface area contributed by atoms with Crippen molar-refractivity contribution in [2.45, 2.75) is 26.2 Å². The van der Waals surface area contributed by atoms with Crippen LogP contribution in [0.1, 0.15) is 36.5 Å². The van der Waals surface area contributed by atoms with Gasteiger partial charge in [0.1, 0.15) is 5.75 Å². The Balaban J connectivity index is 1.74. The van der Waals surface area contributed by atoms with Gasteiger partial charge in [-0.15, -0.1) is 0 Å². The number of ether oxygens (including phenoxy) is 2. The number of hydrogen-bond donors (Lipinski definition) is 1. The van der Waals surface area contributed by atoms with Gasteiger partial charge in [-0.05, 0) is 48.9 Å². The van der Waals surface area contributed by atoms with Crippen LogP contribution in [0.5, 0.6) is 5.75 Å². The second-order valence-electron chi connectivity index (χ2n) is 6.13. The molecule has 154 valence electrons. The second-order valence-corrected chi connectivity index (χ2v) is 6.97. The van der Waals surface area contributed by atoms with Crippen LogP contribution in [0.2, 0.25) is 10.0 Å². The Kier molecular flexibility index (Phi) is 8.96. The van der Waals surface area contributed by atoms with Crippen LogP contribution in [-0.2, 0) is 14.3 Å². The Bertz CT molecular complexity index is 868. The standard InChI is InChI=1S/C21H21Cl2NO5/c1-2-11-28-16-6-3-14(4-7-16)19(25)9-10-21(27)29-13-20(26)24-18-12-15(22)5-8-17(18)23/h3-8,12H,2,9-11,13H2,1H3,(H,24,26). The van der Waals surface area contributed by atoms with Gasteiger partial charge in [-0.1, -0.05) is 30.1 Å². The Labute approximate surface area is 179 Å². The minimum absolute atomic E-state index is 0.0181. The molecule has 6 nitrogen and oxygen atoms in total. The molecule has 0 saturated carbocycles. The lowest BCUT2D eigenvalue weighted by Gasteiger charge is -2.08. The first-order valence-corrected chi connectivity index (χ1v) is 9.81. The molecule has 0 heterocycles. The van der Waals surface area contributed by atoms with Gasteiger partial charge in [0.2, 0.25) is 0 Å². The largest absolute Gasteiger partial charge is 0.494 e. The van der Waals surface area contributed by atoms with E-state index < -0.39 is 18.5 Å². The van der Waals surface area contributed by atoms with Crippen LogP contribution in [0.15, 0.2) is 42.5 Å². The molecule has 0 spiro atoms. The number of hydrogen-bond acceptors (Lipinski definition) is 5. The third-order valence-corrected chi connectivity index (χ3v) is 4.34. The Morgan fingerprint density at radius 3 is 2.41 bits per heavy atom. The number of amides is 1. The van der Waals surface area contributed by atoms with Crippen LogP contribution in [0, 0.1) is 0 Å². The number of rotatable bonds is 10. The highest BCUT2D eigenvalue weighted by Gasteiger charge is 2.13. The number of carbonyl (C=O) groups is 3. The summed E-state index contributed by atoms with van der Waals surface area (Å²) in [6, 6.07) is 11.4. The monoisotopic (exact) mass is 437 g/mol. The third kappa shape index (κ3) is 7.75. The molecular formula is C21H21Cl2NO5. The van der Waals surface area contributed by atoms with E-state index >= 15 is 0 Å². The van der Waals surface area contributed by atoms with Gasteiger partial charge in [0.05, 0.1) is 23.7 Å². The van der Waals surface area contributed by atoms with Crippen molar-refractivity contribution in [3.8, 4) is 5.75 Å². The first-order chi connectivity index (χ1) is 13.9. The van der Waals surface area contributed by atoms with Gasteiger partial charge >= 0.3 is 5.97 Å². The number of halogens is 2. The van der Waals surface area contributed by atoms with E-state index in [2.05, 4.69) is 5.32 Å². The number of carbonyl (C=O) groups excluding carboxylic acids is 3. The van der Waals surface area contributed by atoms with E-state index in [1.165, 1.54) is 6.07 Å². The maximum atomic E-state index is 12.2. The quantitative estimate of drug-likeness (QED) is 0.420. The van der Waals surface area contributed by atoms with E-state index in [0.717, 1.165) is 6.42 Å². The minimum Gasteiger partial charge on any atom is -0.494 e. The summed E-state index contributed by atoms with van der Waals surface area (Å²) in [4.78, 5) is 35.9.